The van der Waals surface area contributed by atoms with E-state index in [0.717, 1.165) is 48.7 Å². The molecule has 1 aliphatic rings. The average Bonchev–Trinajstić information content (AvgIpc) is 3.09. The van der Waals surface area contributed by atoms with Crippen LogP contribution in [0.2, 0.25) is 0 Å². The van der Waals surface area contributed by atoms with Crippen molar-refractivity contribution in [3.05, 3.63) is 47.8 Å². The molecule has 4 rings (SSSR count). The fourth-order valence-electron chi connectivity index (χ4n) is 3.60. The van der Waals surface area contributed by atoms with Crippen LogP contribution in [0.5, 0.6) is 11.5 Å². The van der Waals surface area contributed by atoms with Crippen molar-refractivity contribution in [2.45, 2.75) is 20.0 Å². The Bertz CT molecular complexity index is 1030. The number of anilines is 1. The number of hydrogen-bond donors (Lipinski definition) is 1. The molecule has 1 amide bonds. The first-order valence-corrected chi connectivity index (χ1v) is 9.37. The molecule has 0 fully saturated rings. The molecule has 28 heavy (non-hydrogen) atoms. The molecule has 0 radical (unpaired) electrons. The second-order valence-electron chi connectivity index (χ2n) is 6.78. The number of nitrogens with one attached hydrogen (secondary N) is 1. The molecule has 0 atom stereocenters. The number of likely N-dealkylation sites (N-methyl/N-ethyl adjacent to an activating group) is 1. The summed E-state index contributed by atoms with van der Waals surface area (Å²) in [6.45, 7) is 6.03. The van der Waals surface area contributed by atoms with Gasteiger partial charge in [0.15, 0.2) is 11.5 Å². The van der Waals surface area contributed by atoms with Crippen LogP contribution in [0, 0.1) is 0 Å². The summed E-state index contributed by atoms with van der Waals surface area (Å²) in [7, 11) is 3.12. The zero-order valence-corrected chi connectivity index (χ0v) is 16.4. The van der Waals surface area contributed by atoms with Crippen LogP contribution in [0.3, 0.4) is 0 Å². The van der Waals surface area contributed by atoms with E-state index in [1.165, 1.54) is 0 Å². The Labute approximate surface area is 163 Å². The molecule has 0 spiro atoms. The van der Waals surface area contributed by atoms with Crippen molar-refractivity contribution in [1.82, 2.24) is 14.5 Å². The van der Waals surface area contributed by atoms with Gasteiger partial charge in [-0.2, -0.15) is 0 Å². The largest absolute Gasteiger partial charge is 0.493 e. The second kappa shape index (κ2) is 7.52. The maximum Gasteiger partial charge on any atom is 0.255 e. The maximum atomic E-state index is 12.7. The first-order chi connectivity index (χ1) is 13.6. The number of hydrogen-bond acceptors (Lipinski definition) is 5. The van der Waals surface area contributed by atoms with Gasteiger partial charge in [-0.1, -0.05) is 6.92 Å². The van der Waals surface area contributed by atoms with Gasteiger partial charge in [0.25, 0.3) is 5.91 Å². The zero-order valence-electron chi connectivity index (χ0n) is 16.4. The highest BCUT2D eigenvalue weighted by molar-refractivity contribution is 6.05. The third-order valence-electron chi connectivity index (χ3n) is 5.18. The highest BCUT2D eigenvalue weighted by Crippen LogP contribution is 2.28. The number of fused-ring (bicyclic) bond motifs is 3. The lowest BCUT2D eigenvalue weighted by molar-refractivity contribution is 0.102. The molecule has 0 unspecified atom stereocenters. The second-order valence-corrected chi connectivity index (χ2v) is 6.78. The summed E-state index contributed by atoms with van der Waals surface area (Å²) in [4.78, 5) is 19.8. The number of imidazole rings is 1. The van der Waals surface area contributed by atoms with Gasteiger partial charge < -0.3 is 19.4 Å². The summed E-state index contributed by atoms with van der Waals surface area (Å²) in [5, 5.41) is 2.94. The highest BCUT2D eigenvalue weighted by atomic mass is 16.5. The molecule has 2 heterocycles. The van der Waals surface area contributed by atoms with E-state index in [1.807, 2.05) is 18.2 Å². The molecule has 146 valence electrons. The van der Waals surface area contributed by atoms with Crippen LogP contribution in [-0.4, -0.2) is 47.7 Å². The van der Waals surface area contributed by atoms with Crippen LogP contribution in [0.4, 0.5) is 5.69 Å². The standard InChI is InChI=1S/C21H24N4O3/c1-4-24-9-10-25-17-7-6-15(12-16(17)23-20(25)13-24)22-21(26)14-5-8-18(27-2)19(11-14)28-3/h5-8,11-12H,4,9-10,13H2,1-3H3,(H,22,26). The number of carbonyl (C=O) groups is 1. The molecule has 1 aliphatic heterocycles. The molecule has 0 aliphatic carbocycles. The Morgan fingerprint density at radius 3 is 2.68 bits per heavy atom. The average molecular weight is 380 g/mol. The number of benzene rings is 2. The summed E-state index contributed by atoms with van der Waals surface area (Å²) in [5.74, 6) is 1.98. The molecule has 2 aromatic carbocycles. The van der Waals surface area contributed by atoms with E-state index in [1.54, 1.807) is 32.4 Å². The smallest absolute Gasteiger partial charge is 0.255 e. The Morgan fingerprint density at radius 2 is 1.93 bits per heavy atom. The summed E-state index contributed by atoms with van der Waals surface area (Å²) >= 11 is 0. The maximum absolute atomic E-state index is 12.7. The summed E-state index contributed by atoms with van der Waals surface area (Å²) < 4.78 is 12.8. The van der Waals surface area contributed by atoms with Crippen molar-refractivity contribution in [1.29, 1.82) is 0 Å². The minimum Gasteiger partial charge on any atom is -0.493 e. The quantitative estimate of drug-likeness (QED) is 0.736. The monoisotopic (exact) mass is 380 g/mol. The highest BCUT2D eigenvalue weighted by Gasteiger charge is 2.19. The number of methoxy groups -OCH3 is 2. The van der Waals surface area contributed by atoms with E-state index in [2.05, 4.69) is 21.7 Å². The Balaban J connectivity index is 1.57. The predicted molar refractivity (Wildman–Crippen MR) is 108 cm³/mol. The predicted octanol–water partition coefficient (Wildman–Crippen LogP) is 3.14. The SMILES string of the molecule is CCN1CCn2c(nc3cc(NC(=O)c4ccc(OC)c(OC)c4)ccc32)C1. The lowest BCUT2D eigenvalue weighted by atomic mass is 10.1. The van der Waals surface area contributed by atoms with Gasteiger partial charge in [-0.05, 0) is 42.9 Å². The fraction of sp³-hybridized carbons (Fsp3) is 0.333. The van der Waals surface area contributed by atoms with Gasteiger partial charge in [0.1, 0.15) is 5.82 Å². The van der Waals surface area contributed by atoms with Gasteiger partial charge in [0.05, 0.1) is 31.8 Å². The van der Waals surface area contributed by atoms with Crippen molar-refractivity contribution in [3.63, 3.8) is 0 Å². The molecule has 7 heteroatoms. The summed E-state index contributed by atoms with van der Waals surface area (Å²) in [6, 6.07) is 11.0. The lowest BCUT2D eigenvalue weighted by Crippen LogP contribution is -2.33. The summed E-state index contributed by atoms with van der Waals surface area (Å²) in [6.07, 6.45) is 0. The molecule has 0 bridgehead atoms. The fourth-order valence-corrected chi connectivity index (χ4v) is 3.60. The molecule has 1 aromatic heterocycles. The number of nitrogens with zero attached hydrogens (tertiary/aromatic N) is 3. The minimum absolute atomic E-state index is 0.207. The van der Waals surface area contributed by atoms with Crippen LogP contribution >= 0.6 is 0 Å². The Hall–Kier alpha value is -3.06. The third-order valence-corrected chi connectivity index (χ3v) is 5.18. The van der Waals surface area contributed by atoms with Gasteiger partial charge >= 0.3 is 0 Å². The van der Waals surface area contributed by atoms with Crippen LogP contribution < -0.4 is 14.8 Å². The molecule has 7 nitrogen and oxygen atoms in total. The van der Waals surface area contributed by atoms with E-state index in [0.29, 0.717) is 17.1 Å². The molecular formula is C21H24N4O3. The molecular weight excluding hydrogens is 356 g/mol. The third kappa shape index (κ3) is 3.29. The normalized spacial score (nSPS) is 14.0. The van der Waals surface area contributed by atoms with Gasteiger partial charge in [0, 0.05) is 24.3 Å². The van der Waals surface area contributed by atoms with Crippen molar-refractivity contribution in [2.75, 3.05) is 32.6 Å². The molecule has 0 saturated heterocycles. The number of ether oxygens (including phenoxy) is 2. The van der Waals surface area contributed by atoms with Crippen LogP contribution in [0.25, 0.3) is 11.0 Å². The summed E-state index contributed by atoms with van der Waals surface area (Å²) in [5.41, 5.74) is 3.23. The zero-order chi connectivity index (χ0) is 19.7. The molecule has 1 N–H and O–H groups in total. The van der Waals surface area contributed by atoms with Crippen molar-refractivity contribution >= 4 is 22.6 Å². The van der Waals surface area contributed by atoms with Crippen LogP contribution in [0.15, 0.2) is 36.4 Å². The van der Waals surface area contributed by atoms with Crippen molar-refractivity contribution in [2.24, 2.45) is 0 Å². The van der Waals surface area contributed by atoms with Crippen molar-refractivity contribution in [3.8, 4) is 11.5 Å². The Kier molecular flexibility index (Phi) is 4.92. The van der Waals surface area contributed by atoms with E-state index >= 15 is 0 Å². The first kappa shape index (κ1) is 18.3. The molecule has 3 aromatic rings. The van der Waals surface area contributed by atoms with E-state index in [9.17, 15) is 4.79 Å². The van der Waals surface area contributed by atoms with Gasteiger partial charge in [0.2, 0.25) is 0 Å². The van der Waals surface area contributed by atoms with Crippen LogP contribution in [-0.2, 0) is 13.1 Å². The van der Waals surface area contributed by atoms with E-state index in [4.69, 9.17) is 14.5 Å². The van der Waals surface area contributed by atoms with Gasteiger partial charge in [-0.25, -0.2) is 4.98 Å². The number of carbonyl (C=O) groups excluding carboxylic acids is 1. The van der Waals surface area contributed by atoms with Crippen LogP contribution in [0.1, 0.15) is 23.1 Å². The Morgan fingerprint density at radius 1 is 1.11 bits per heavy atom. The van der Waals surface area contributed by atoms with E-state index < -0.39 is 0 Å². The minimum atomic E-state index is -0.207. The topological polar surface area (TPSA) is 68.6 Å². The lowest BCUT2D eigenvalue weighted by Gasteiger charge is -2.26. The first-order valence-electron chi connectivity index (χ1n) is 9.37. The number of rotatable bonds is 5. The van der Waals surface area contributed by atoms with Crippen molar-refractivity contribution < 1.29 is 14.3 Å². The number of amides is 1. The van der Waals surface area contributed by atoms with E-state index in [-0.39, 0.29) is 5.91 Å². The van der Waals surface area contributed by atoms with Gasteiger partial charge in [-0.15, -0.1) is 0 Å². The molecule has 0 saturated carbocycles. The number of aromatic nitrogens is 2. The van der Waals surface area contributed by atoms with Gasteiger partial charge in [-0.3, -0.25) is 9.69 Å².